The zero-order valence-electron chi connectivity index (χ0n) is 16.0. The van der Waals surface area contributed by atoms with Gasteiger partial charge in [-0.05, 0) is 61.0 Å². The average Bonchev–Trinajstić information content (AvgIpc) is 3.10. The van der Waals surface area contributed by atoms with Crippen LogP contribution in [0.4, 0.5) is 4.39 Å². The molecule has 0 amide bonds. The number of esters is 2. The quantitative estimate of drug-likeness (QED) is 0.361. The number of benzene rings is 3. The highest BCUT2D eigenvalue weighted by Crippen LogP contribution is 2.21. The zero-order chi connectivity index (χ0) is 21.1. The molecule has 30 heavy (non-hydrogen) atoms. The molecular weight excluding hydrogens is 385 g/mol. The molecule has 0 bridgehead atoms. The van der Waals surface area contributed by atoms with Gasteiger partial charge in [-0.2, -0.15) is 0 Å². The maximum absolute atomic E-state index is 13.4. The van der Waals surface area contributed by atoms with E-state index in [1.54, 1.807) is 48.5 Å². The van der Waals surface area contributed by atoms with Gasteiger partial charge in [0.05, 0.1) is 5.56 Å². The van der Waals surface area contributed by atoms with Gasteiger partial charge >= 0.3 is 11.9 Å². The van der Waals surface area contributed by atoms with E-state index in [2.05, 4.69) is 4.99 Å². The zero-order valence-corrected chi connectivity index (χ0v) is 16.0. The standard InChI is InChI=1S/C24H16FNO4/c1-15-5-9-17(10-6-15)23(27)29-20-11-7-16(8-12-20)13-21-24(28)30-22(26-21)18-3-2-4-19(25)14-18/h2-14H,1H3. The van der Waals surface area contributed by atoms with E-state index in [9.17, 15) is 14.0 Å². The number of carbonyl (C=O) groups is 2. The second-order valence-corrected chi connectivity index (χ2v) is 6.67. The van der Waals surface area contributed by atoms with Gasteiger partial charge in [-0.3, -0.25) is 0 Å². The third-order valence-corrected chi connectivity index (χ3v) is 4.37. The summed E-state index contributed by atoms with van der Waals surface area (Å²) in [6, 6.07) is 19.4. The van der Waals surface area contributed by atoms with Crippen LogP contribution in [0.3, 0.4) is 0 Å². The van der Waals surface area contributed by atoms with Crippen LogP contribution in [-0.4, -0.2) is 17.8 Å². The second-order valence-electron chi connectivity index (χ2n) is 6.67. The molecule has 1 aliphatic rings. The highest BCUT2D eigenvalue weighted by Gasteiger charge is 2.24. The summed E-state index contributed by atoms with van der Waals surface area (Å²) >= 11 is 0. The first kappa shape index (κ1) is 19.3. The fourth-order valence-corrected chi connectivity index (χ4v) is 2.80. The van der Waals surface area contributed by atoms with Gasteiger partial charge in [-0.25, -0.2) is 19.0 Å². The molecule has 0 N–H and O–H groups in total. The van der Waals surface area contributed by atoms with Gasteiger partial charge < -0.3 is 9.47 Å². The fourth-order valence-electron chi connectivity index (χ4n) is 2.80. The molecule has 4 rings (SSSR count). The van der Waals surface area contributed by atoms with Crippen molar-refractivity contribution >= 4 is 23.9 Å². The summed E-state index contributed by atoms with van der Waals surface area (Å²) in [4.78, 5) is 28.4. The first-order valence-electron chi connectivity index (χ1n) is 9.15. The van der Waals surface area contributed by atoms with E-state index in [1.165, 1.54) is 18.2 Å². The topological polar surface area (TPSA) is 65.0 Å². The van der Waals surface area contributed by atoms with Gasteiger partial charge in [-0.1, -0.05) is 35.9 Å². The van der Waals surface area contributed by atoms with Crippen molar-refractivity contribution in [3.63, 3.8) is 0 Å². The van der Waals surface area contributed by atoms with E-state index in [0.717, 1.165) is 5.56 Å². The number of rotatable bonds is 4. The van der Waals surface area contributed by atoms with Gasteiger partial charge in [0, 0.05) is 5.56 Å². The van der Waals surface area contributed by atoms with Crippen LogP contribution in [0.25, 0.3) is 6.08 Å². The second kappa shape index (κ2) is 8.13. The molecule has 1 aliphatic heterocycles. The lowest BCUT2D eigenvalue weighted by Crippen LogP contribution is -2.08. The molecule has 6 heteroatoms. The minimum absolute atomic E-state index is 0.0504. The summed E-state index contributed by atoms with van der Waals surface area (Å²) in [5.74, 6) is -1.09. The lowest BCUT2D eigenvalue weighted by molar-refractivity contribution is -0.129. The third kappa shape index (κ3) is 4.33. The maximum Gasteiger partial charge on any atom is 0.363 e. The molecule has 1 heterocycles. The predicted molar refractivity (Wildman–Crippen MR) is 110 cm³/mol. The lowest BCUT2D eigenvalue weighted by Gasteiger charge is -2.05. The Labute approximate surface area is 172 Å². The largest absolute Gasteiger partial charge is 0.423 e. The third-order valence-electron chi connectivity index (χ3n) is 4.37. The van der Waals surface area contributed by atoms with Crippen LogP contribution in [0.15, 0.2) is 83.5 Å². The molecule has 0 atom stereocenters. The number of halogens is 1. The Morgan fingerprint density at radius 2 is 1.77 bits per heavy atom. The van der Waals surface area contributed by atoms with Crippen molar-refractivity contribution in [3.05, 3.63) is 107 Å². The molecule has 3 aromatic carbocycles. The maximum atomic E-state index is 13.4. The van der Waals surface area contributed by atoms with Crippen molar-refractivity contribution in [3.8, 4) is 5.75 Å². The fraction of sp³-hybridized carbons (Fsp3) is 0.0417. The minimum Gasteiger partial charge on any atom is -0.423 e. The molecule has 0 radical (unpaired) electrons. The number of aliphatic imine (C=N–C) groups is 1. The molecule has 0 spiro atoms. The Morgan fingerprint density at radius 3 is 2.47 bits per heavy atom. The monoisotopic (exact) mass is 401 g/mol. The molecule has 0 aromatic heterocycles. The summed E-state index contributed by atoms with van der Waals surface area (Å²) in [7, 11) is 0. The van der Waals surface area contributed by atoms with Gasteiger partial charge in [0.1, 0.15) is 11.6 Å². The van der Waals surface area contributed by atoms with Crippen molar-refractivity contribution in [1.29, 1.82) is 0 Å². The highest BCUT2D eigenvalue weighted by molar-refractivity contribution is 6.12. The smallest absolute Gasteiger partial charge is 0.363 e. The van der Waals surface area contributed by atoms with Crippen LogP contribution in [0.2, 0.25) is 0 Å². The number of hydrogen-bond acceptors (Lipinski definition) is 5. The minimum atomic E-state index is -0.621. The SMILES string of the molecule is Cc1ccc(C(=O)Oc2ccc(C=C3N=C(c4cccc(F)c4)OC3=O)cc2)cc1. The van der Waals surface area contributed by atoms with E-state index in [4.69, 9.17) is 9.47 Å². The number of aryl methyl sites for hydroxylation is 1. The van der Waals surface area contributed by atoms with Crippen LogP contribution < -0.4 is 4.74 Å². The van der Waals surface area contributed by atoms with Gasteiger partial charge in [0.15, 0.2) is 5.70 Å². The van der Waals surface area contributed by atoms with Gasteiger partial charge in [-0.15, -0.1) is 0 Å². The van der Waals surface area contributed by atoms with Crippen molar-refractivity contribution in [2.75, 3.05) is 0 Å². The Morgan fingerprint density at radius 1 is 1.03 bits per heavy atom. The van der Waals surface area contributed by atoms with E-state index < -0.39 is 17.8 Å². The van der Waals surface area contributed by atoms with Crippen molar-refractivity contribution in [2.24, 2.45) is 4.99 Å². The van der Waals surface area contributed by atoms with Crippen molar-refractivity contribution in [2.45, 2.75) is 6.92 Å². The summed E-state index contributed by atoms with van der Waals surface area (Å²) in [6.45, 7) is 1.94. The number of hydrogen-bond donors (Lipinski definition) is 0. The number of nitrogens with zero attached hydrogens (tertiary/aromatic N) is 1. The Balaban J connectivity index is 1.48. The first-order valence-corrected chi connectivity index (χ1v) is 9.15. The summed E-state index contributed by atoms with van der Waals surface area (Å²) in [5.41, 5.74) is 2.66. The Kier molecular flexibility index (Phi) is 5.22. The molecule has 5 nitrogen and oxygen atoms in total. The van der Waals surface area contributed by atoms with Crippen molar-refractivity contribution < 1.29 is 23.5 Å². The van der Waals surface area contributed by atoms with Crippen LogP contribution in [-0.2, 0) is 9.53 Å². The van der Waals surface area contributed by atoms with Crippen LogP contribution in [0.5, 0.6) is 5.75 Å². The lowest BCUT2D eigenvalue weighted by atomic mass is 10.1. The van der Waals surface area contributed by atoms with E-state index >= 15 is 0 Å². The predicted octanol–water partition coefficient (Wildman–Crippen LogP) is 4.70. The number of cyclic esters (lactones) is 1. The molecule has 0 fully saturated rings. The molecule has 0 saturated carbocycles. The number of ether oxygens (including phenoxy) is 2. The normalized spacial score (nSPS) is 14.4. The molecule has 148 valence electrons. The van der Waals surface area contributed by atoms with Crippen LogP contribution in [0.1, 0.15) is 27.0 Å². The highest BCUT2D eigenvalue weighted by atomic mass is 19.1. The number of carbonyl (C=O) groups excluding carboxylic acids is 2. The first-order chi connectivity index (χ1) is 14.5. The summed E-state index contributed by atoms with van der Waals surface area (Å²) < 4.78 is 23.9. The van der Waals surface area contributed by atoms with Gasteiger partial charge in [0.25, 0.3) is 0 Å². The summed E-state index contributed by atoms with van der Waals surface area (Å²) in [5, 5.41) is 0. The summed E-state index contributed by atoms with van der Waals surface area (Å²) in [6.07, 6.45) is 1.54. The Hall–Kier alpha value is -4.06. The molecule has 0 unspecified atom stereocenters. The van der Waals surface area contributed by atoms with Crippen LogP contribution >= 0.6 is 0 Å². The molecule has 0 aliphatic carbocycles. The molecule has 0 saturated heterocycles. The van der Waals surface area contributed by atoms with Crippen LogP contribution in [0, 0.1) is 12.7 Å². The molecular formula is C24H16FNO4. The van der Waals surface area contributed by atoms with E-state index in [0.29, 0.717) is 22.4 Å². The van der Waals surface area contributed by atoms with Gasteiger partial charge in [0.2, 0.25) is 5.90 Å². The van der Waals surface area contributed by atoms with E-state index in [1.807, 2.05) is 19.1 Å². The molecule has 3 aromatic rings. The Bertz CT molecular complexity index is 1180. The van der Waals surface area contributed by atoms with Crippen molar-refractivity contribution in [1.82, 2.24) is 0 Å². The average molecular weight is 401 g/mol. The van der Waals surface area contributed by atoms with E-state index in [-0.39, 0.29) is 11.6 Å².